The van der Waals surface area contributed by atoms with Gasteiger partial charge in [-0.1, -0.05) is 0 Å². The van der Waals surface area contributed by atoms with Crippen LogP contribution >= 0.6 is 0 Å². The van der Waals surface area contributed by atoms with Crippen LogP contribution in [-0.4, -0.2) is 36.8 Å². The van der Waals surface area contributed by atoms with Crippen LogP contribution in [-0.2, 0) is 14.3 Å². The summed E-state index contributed by atoms with van der Waals surface area (Å²) in [5.74, 6) is -0.572. The summed E-state index contributed by atoms with van der Waals surface area (Å²) in [6.45, 7) is 1.97. The molecule has 0 saturated heterocycles. The van der Waals surface area contributed by atoms with Gasteiger partial charge in [-0.15, -0.1) is 0 Å². The van der Waals surface area contributed by atoms with Gasteiger partial charge in [0.2, 0.25) is 0 Å². The zero-order valence-corrected chi connectivity index (χ0v) is 6.59. The number of esters is 1. The number of nitrogens with zero attached hydrogens (tertiary/aromatic N) is 1. The van der Waals surface area contributed by atoms with Crippen LogP contribution in [0, 0.1) is 5.53 Å². The molecule has 1 N–H and O–H groups in total. The minimum absolute atomic E-state index is 0.0427. The van der Waals surface area contributed by atoms with E-state index >= 15 is 0 Å². The summed E-state index contributed by atoms with van der Waals surface area (Å²) in [6.07, 6.45) is 0. The van der Waals surface area contributed by atoms with Crippen molar-refractivity contribution in [3.63, 3.8) is 0 Å². The lowest BCUT2D eigenvalue weighted by Crippen LogP contribution is -2.17. The summed E-state index contributed by atoms with van der Waals surface area (Å²) in [6, 6.07) is 0. The fourth-order valence-corrected chi connectivity index (χ4v) is 0.368. The molecule has 62 valence electrons. The molecule has 0 rings (SSSR count). The first-order valence-corrected chi connectivity index (χ1v) is 3.09. The number of nitrogens with one attached hydrogen (secondary N) is 1. The van der Waals surface area contributed by atoms with Gasteiger partial charge in [-0.05, 0) is 0 Å². The van der Waals surface area contributed by atoms with Crippen molar-refractivity contribution in [3.05, 3.63) is 0 Å². The number of hydrogen-bond acceptors (Lipinski definition) is 4. The van der Waals surface area contributed by atoms with E-state index in [4.69, 9.17) is 5.53 Å². The van der Waals surface area contributed by atoms with E-state index in [9.17, 15) is 4.79 Å². The van der Waals surface area contributed by atoms with Gasteiger partial charge < -0.3 is 9.47 Å². The van der Waals surface area contributed by atoms with E-state index in [0.717, 1.165) is 0 Å². The van der Waals surface area contributed by atoms with Gasteiger partial charge in [0.25, 0.3) is 0 Å². The van der Waals surface area contributed by atoms with Gasteiger partial charge >= 0.3 is 11.7 Å². The van der Waals surface area contributed by atoms with Crippen molar-refractivity contribution >= 4 is 11.7 Å². The number of rotatable bonds is 4. The van der Waals surface area contributed by atoms with Crippen LogP contribution in [0.15, 0.2) is 0 Å². The lowest BCUT2D eigenvalue weighted by atomic mass is 10.4. The Hall–Kier alpha value is -1.19. The zero-order chi connectivity index (χ0) is 8.69. The maximum atomic E-state index is 10.7. The van der Waals surface area contributed by atoms with E-state index in [1.807, 2.05) is 0 Å². The lowest BCUT2D eigenvalue weighted by molar-refractivity contribution is -0.153. The number of methoxy groups -OCH3 is 1. The Kier molecular flexibility index (Phi) is 4.98. The highest BCUT2D eigenvalue weighted by Gasteiger charge is 2.16. The maximum absolute atomic E-state index is 10.7. The van der Waals surface area contributed by atoms with Crippen LogP contribution in [0.2, 0.25) is 0 Å². The summed E-state index contributed by atoms with van der Waals surface area (Å²) in [5, 5.41) is 0. The van der Waals surface area contributed by atoms with Crippen molar-refractivity contribution in [2.75, 3.05) is 20.3 Å². The molecule has 0 aliphatic heterocycles. The number of hydrogen-bond donors (Lipinski definition) is 1. The van der Waals surface area contributed by atoms with Gasteiger partial charge in [0.15, 0.2) is 0 Å². The van der Waals surface area contributed by atoms with Gasteiger partial charge in [0.05, 0.1) is 23.9 Å². The smallest absolute Gasteiger partial charge is 0.421 e. The minimum atomic E-state index is -0.572. The number of carbonyl (C=O) groups excluding carboxylic acids is 1. The molecule has 5 heteroatoms. The van der Waals surface area contributed by atoms with Crippen LogP contribution in [0.5, 0.6) is 0 Å². The molecular formula is C6H11N2O3+. The molecule has 0 aromatic heterocycles. The predicted octanol–water partition coefficient (Wildman–Crippen LogP) is -0.124. The van der Waals surface area contributed by atoms with E-state index in [2.05, 4.69) is 14.3 Å². The van der Waals surface area contributed by atoms with Crippen molar-refractivity contribution in [1.29, 1.82) is 5.53 Å². The first-order chi connectivity index (χ1) is 5.22. The van der Waals surface area contributed by atoms with Gasteiger partial charge in [-0.25, -0.2) is 4.79 Å². The van der Waals surface area contributed by atoms with Crippen LogP contribution in [0.3, 0.4) is 0 Å². The third kappa shape index (κ3) is 4.25. The second kappa shape index (κ2) is 5.58. The van der Waals surface area contributed by atoms with E-state index in [1.54, 1.807) is 0 Å². The van der Waals surface area contributed by atoms with Crippen molar-refractivity contribution in [1.82, 2.24) is 0 Å². The zero-order valence-electron chi connectivity index (χ0n) is 6.59. The Morgan fingerprint density at radius 3 is 2.64 bits per heavy atom. The minimum Gasteiger partial charge on any atom is -0.455 e. The van der Waals surface area contributed by atoms with Crippen LogP contribution in [0.4, 0.5) is 0 Å². The Bertz CT molecular complexity index is 184. The first kappa shape index (κ1) is 9.81. The molecule has 0 radical (unpaired) electrons. The van der Waals surface area contributed by atoms with Gasteiger partial charge in [-0.3, -0.25) is 0 Å². The summed E-state index contributed by atoms with van der Waals surface area (Å²) in [7, 11) is 1.51. The van der Waals surface area contributed by atoms with E-state index in [-0.39, 0.29) is 12.3 Å². The molecule has 0 amide bonds. The largest absolute Gasteiger partial charge is 0.455 e. The topological polar surface area (TPSA) is 73.5 Å². The molecular weight excluding hydrogens is 148 g/mol. The normalized spacial score (nSPS) is 8.55. The quantitative estimate of drug-likeness (QED) is 0.204. The number of carbonyl (C=O) groups is 1. The third-order valence-electron chi connectivity index (χ3n) is 0.984. The molecule has 0 saturated carbocycles. The summed E-state index contributed by atoms with van der Waals surface area (Å²) in [5.41, 5.74) is 6.52. The average molecular weight is 159 g/mol. The van der Waals surface area contributed by atoms with Crippen molar-refractivity contribution in [2.24, 2.45) is 0 Å². The Morgan fingerprint density at radius 1 is 1.55 bits per heavy atom. The van der Waals surface area contributed by atoms with E-state index in [0.29, 0.717) is 6.61 Å². The maximum Gasteiger partial charge on any atom is 0.421 e. The van der Waals surface area contributed by atoms with Gasteiger partial charge in [-0.2, -0.15) is 0 Å². The van der Waals surface area contributed by atoms with E-state index < -0.39 is 5.97 Å². The van der Waals surface area contributed by atoms with Crippen LogP contribution in [0.1, 0.15) is 6.92 Å². The second-order valence-corrected chi connectivity index (χ2v) is 1.83. The molecule has 0 aliphatic carbocycles. The predicted molar refractivity (Wildman–Crippen MR) is 36.5 cm³/mol. The Morgan fingerprint density at radius 2 is 2.18 bits per heavy atom. The molecule has 5 nitrogen and oxygen atoms in total. The van der Waals surface area contributed by atoms with Crippen LogP contribution in [0.25, 0.3) is 0 Å². The monoisotopic (exact) mass is 159 g/mol. The highest BCUT2D eigenvalue weighted by molar-refractivity contribution is 6.32. The molecule has 0 unspecified atom stereocenters. The van der Waals surface area contributed by atoms with Crippen molar-refractivity contribution < 1.29 is 19.1 Å². The first-order valence-electron chi connectivity index (χ1n) is 3.09. The number of ether oxygens (including phenoxy) is 2. The van der Waals surface area contributed by atoms with Crippen LogP contribution < -0.4 is 0 Å². The van der Waals surface area contributed by atoms with Crippen molar-refractivity contribution in [3.8, 4) is 0 Å². The highest BCUT2D eigenvalue weighted by Crippen LogP contribution is 1.80. The molecule has 0 aromatic carbocycles. The average Bonchev–Trinajstić information content (AvgIpc) is 2.03. The Labute approximate surface area is 64.5 Å². The molecule has 0 heterocycles. The van der Waals surface area contributed by atoms with Gasteiger partial charge in [0, 0.05) is 7.11 Å². The third-order valence-corrected chi connectivity index (χ3v) is 0.984. The molecule has 0 spiro atoms. The molecule has 0 aliphatic rings. The Balaban J connectivity index is 3.62. The van der Waals surface area contributed by atoms with Crippen molar-refractivity contribution in [2.45, 2.75) is 6.92 Å². The molecule has 11 heavy (non-hydrogen) atoms. The summed E-state index contributed by atoms with van der Waals surface area (Å²) >= 11 is 0. The molecule has 0 aromatic rings. The molecule has 0 bridgehead atoms. The lowest BCUT2D eigenvalue weighted by Gasteiger charge is -1.97. The summed E-state index contributed by atoms with van der Waals surface area (Å²) in [4.78, 5) is 13.6. The fraction of sp³-hybridized carbons (Fsp3) is 0.667. The molecule has 0 atom stereocenters. The fourth-order valence-electron chi connectivity index (χ4n) is 0.368. The SMILES string of the molecule is COCCOC(=O)C(C)=[N+]=N. The van der Waals surface area contributed by atoms with Gasteiger partial charge in [0.1, 0.15) is 6.61 Å². The highest BCUT2D eigenvalue weighted by atomic mass is 16.6. The second-order valence-electron chi connectivity index (χ2n) is 1.83. The molecule has 0 fully saturated rings. The summed E-state index contributed by atoms with van der Waals surface area (Å²) < 4.78 is 9.26. The standard InChI is InChI=1S/C6H11N2O3/c1-5(8-7)6(9)11-4-3-10-2/h7H,3-4H2,1-2H3/q+1. The van der Waals surface area contributed by atoms with E-state index in [1.165, 1.54) is 14.0 Å².